The van der Waals surface area contributed by atoms with Crippen molar-refractivity contribution in [2.75, 3.05) is 5.32 Å². The van der Waals surface area contributed by atoms with E-state index in [9.17, 15) is 4.79 Å². The summed E-state index contributed by atoms with van der Waals surface area (Å²) in [4.78, 5) is 16.4. The fourth-order valence-electron chi connectivity index (χ4n) is 2.75. The summed E-state index contributed by atoms with van der Waals surface area (Å²) in [6.07, 6.45) is 0.682. The van der Waals surface area contributed by atoms with Crippen molar-refractivity contribution in [3.05, 3.63) is 41.3 Å². The van der Waals surface area contributed by atoms with Gasteiger partial charge in [0.1, 0.15) is 17.1 Å². The highest BCUT2D eigenvalue weighted by atomic mass is 16.5. The number of hydrogen-bond acceptors (Lipinski definition) is 4. The predicted octanol–water partition coefficient (Wildman–Crippen LogP) is 3.72. The minimum absolute atomic E-state index is 0.132. The Morgan fingerprint density at radius 2 is 2.04 bits per heavy atom. The van der Waals surface area contributed by atoms with Crippen LogP contribution in [0.3, 0.4) is 0 Å². The number of oxazole rings is 1. The van der Waals surface area contributed by atoms with Gasteiger partial charge in [0.25, 0.3) is 0 Å². The fraction of sp³-hybridized carbons (Fsp3) is 0.412. The third kappa shape index (κ3) is 3.31. The predicted molar refractivity (Wildman–Crippen MR) is 86.6 cm³/mol. The van der Waals surface area contributed by atoms with Gasteiger partial charge in [-0.2, -0.15) is 4.98 Å². The summed E-state index contributed by atoms with van der Waals surface area (Å²) in [5, 5.41) is 5.62. The molecule has 1 aliphatic heterocycles. The largest absolute Gasteiger partial charge is 0.487 e. The Bertz CT molecular complexity index is 717. The van der Waals surface area contributed by atoms with Crippen LogP contribution in [0.1, 0.15) is 43.3 Å². The monoisotopic (exact) mass is 315 g/mol. The molecule has 0 fully saturated rings. The Hall–Kier alpha value is -2.50. The number of aryl methyl sites for hydroxylation is 2. The van der Waals surface area contributed by atoms with Crippen molar-refractivity contribution in [1.29, 1.82) is 0 Å². The number of amides is 2. The van der Waals surface area contributed by atoms with Crippen molar-refractivity contribution in [3.63, 3.8) is 0 Å². The molecule has 0 spiro atoms. The highest BCUT2D eigenvalue weighted by molar-refractivity contribution is 5.87. The lowest BCUT2D eigenvalue weighted by Crippen LogP contribution is -2.42. The van der Waals surface area contributed by atoms with E-state index < -0.39 is 0 Å². The van der Waals surface area contributed by atoms with Crippen molar-refractivity contribution in [2.24, 2.45) is 0 Å². The maximum atomic E-state index is 12.3. The molecule has 6 heteroatoms. The average molecular weight is 315 g/mol. The molecule has 6 nitrogen and oxygen atoms in total. The van der Waals surface area contributed by atoms with E-state index in [1.165, 1.54) is 0 Å². The maximum Gasteiger partial charge on any atom is 0.323 e. The van der Waals surface area contributed by atoms with E-state index in [1.807, 2.05) is 52.0 Å². The van der Waals surface area contributed by atoms with Gasteiger partial charge in [-0.3, -0.25) is 5.32 Å². The molecule has 0 bridgehead atoms. The molecule has 1 aliphatic rings. The molecule has 23 heavy (non-hydrogen) atoms. The number of urea groups is 1. The van der Waals surface area contributed by atoms with Crippen LogP contribution in [-0.4, -0.2) is 16.6 Å². The van der Waals surface area contributed by atoms with Gasteiger partial charge >= 0.3 is 12.0 Å². The SMILES string of the molecule is Cc1nc(NC(=O)NC2CC(C)(C)Oc3ccccc32)oc1C. The second-order valence-electron chi connectivity index (χ2n) is 6.42. The van der Waals surface area contributed by atoms with Crippen molar-refractivity contribution >= 4 is 12.0 Å². The van der Waals surface area contributed by atoms with E-state index in [4.69, 9.17) is 9.15 Å². The fourth-order valence-corrected chi connectivity index (χ4v) is 2.75. The van der Waals surface area contributed by atoms with Crippen LogP contribution in [0.5, 0.6) is 5.75 Å². The number of ether oxygens (including phenoxy) is 1. The summed E-state index contributed by atoms with van der Waals surface area (Å²) >= 11 is 0. The first kappa shape index (κ1) is 15.4. The molecule has 1 atom stereocenters. The molecule has 122 valence electrons. The second kappa shape index (κ2) is 5.61. The number of anilines is 1. The zero-order chi connectivity index (χ0) is 16.6. The first-order valence-electron chi connectivity index (χ1n) is 7.63. The molecule has 2 N–H and O–H groups in total. The van der Waals surface area contributed by atoms with Gasteiger partial charge in [0.15, 0.2) is 0 Å². The summed E-state index contributed by atoms with van der Waals surface area (Å²) in [5.41, 5.74) is 1.39. The third-order valence-corrected chi connectivity index (χ3v) is 3.93. The number of rotatable bonds is 2. The van der Waals surface area contributed by atoms with Crippen LogP contribution in [0.4, 0.5) is 10.8 Å². The lowest BCUT2D eigenvalue weighted by atomic mass is 9.90. The van der Waals surface area contributed by atoms with Crippen molar-refractivity contribution in [1.82, 2.24) is 10.3 Å². The number of aromatic nitrogens is 1. The van der Waals surface area contributed by atoms with Gasteiger partial charge in [-0.05, 0) is 33.8 Å². The number of para-hydroxylation sites is 1. The van der Waals surface area contributed by atoms with Gasteiger partial charge in [0, 0.05) is 12.0 Å². The number of nitrogens with one attached hydrogen (secondary N) is 2. The average Bonchev–Trinajstić information content (AvgIpc) is 2.75. The van der Waals surface area contributed by atoms with Crippen LogP contribution >= 0.6 is 0 Å². The van der Waals surface area contributed by atoms with E-state index in [0.717, 1.165) is 17.0 Å². The van der Waals surface area contributed by atoms with E-state index in [0.29, 0.717) is 12.2 Å². The maximum absolute atomic E-state index is 12.3. The summed E-state index contributed by atoms with van der Waals surface area (Å²) in [5.74, 6) is 1.50. The summed E-state index contributed by atoms with van der Waals surface area (Å²) in [7, 11) is 0. The Kier molecular flexibility index (Phi) is 3.75. The summed E-state index contributed by atoms with van der Waals surface area (Å²) < 4.78 is 11.3. The van der Waals surface area contributed by atoms with Gasteiger partial charge in [-0.1, -0.05) is 18.2 Å². The minimum Gasteiger partial charge on any atom is -0.487 e. The zero-order valence-electron chi connectivity index (χ0n) is 13.8. The normalized spacial score (nSPS) is 18.7. The van der Waals surface area contributed by atoms with E-state index in [-0.39, 0.29) is 23.7 Å². The molecular weight excluding hydrogens is 294 g/mol. The molecule has 0 radical (unpaired) electrons. The Morgan fingerprint density at radius 1 is 1.30 bits per heavy atom. The first-order valence-corrected chi connectivity index (χ1v) is 7.63. The zero-order valence-corrected chi connectivity index (χ0v) is 13.8. The number of hydrogen-bond donors (Lipinski definition) is 2. The van der Waals surface area contributed by atoms with Crippen molar-refractivity contribution in [3.8, 4) is 5.75 Å². The molecule has 3 rings (SSSR count). The van der Waals surface area contributed by atoms with Crippen LogP contribution < -0.4 is 15.4 Å². The van der Waals surface area contributed by atoms with Crippen LogP contribution in [0.2, 0.25) is 0 Å². The molecule has 0 saturated carbocycles. The molecule has 0 aliphatic carbocycles. The standard InChI is InChI=1S/C17H21N3O3/c1-10-11(2)22-16(18-10)20-15(21)19-13-9-17(3,4)23-14-8-6-5-7-12(13)14/h5-8,13H,9H2,1-4H3,(H2,18,19,20,21). The van der Waals surface area contributed by atoms with E-state index >= 15 is 0 Å². The smallest absolute Gasteiger partial charge is 0.323 e. The second-order valence-corrected chi connectivity index (χ2v) is 6.42. The molecule has 1 aromatic carbocycles. The first-order chi connectivity index (χ1) is 10.8. The number of carbonyl (C=O) groups excluding carboxylic acids is 1. The minimum atomic E-state index is -0.345. The summed E-state index contributed by atoms with van der Waals surface area (Å²) in [6, 6.07) is 7.48. The quantitative estimate of drug-likeness (QED) is 0.885. The van der Waals surface area contributed by atoms with Gasteiger partial charge in [0.05, 0.1) is 11.7 Å². The number of nitrogens with zero attached hydrogens (tertiary/aromatic N) is 1. The van der Waals surface area contributed by atoms with E-state index in [1.54, 1.807) is 0 Å². The molecule has 2 heterocycles. The van der Waals surface area contributed by atoms with Crippen LogP contribution in [0, 0.1) is 13.8 Å². The molecule has 2 aromatic rings. The topological polar surface area (TPSA) is 76.4 Å². The van der Waals surface area contributed by atoms with E-state index in [2.05, 4.69) is 15.6 Å². The van der Waals surface area contributed by atoms with Gasteiger partial charge in [0.2, 0.25) is 0 Å². The van der Waals surface area contributed by atoms with Gasteiger partial charge in [-0.25, -0.2) is 4.79 Å². The van der Waals surface area contributed by atoms with Gasteiger partial charge < -0.3 is 14.5 Å². The Labute approximate surface area is 135 Å². The molecule has 1 aromatic heterocycles. The highest BCUT2D eigenvalue weighted by Gasteiger charge is 2.34. The van der Waals surface area contributed by atoms with Crippen LogP contribution in [0.15, 0.2) is 28.7 Å². The Morgan fingerprint density at radius 3 is 2.74 bits per heavy atom. The molecule has 1 unspecified atom stereocenters. The van der Waals surface area contributed by atoms with Gasteiger partial charge in [-0.15, -0.1) is 0 Å². The number of benzene rings is 1. The Balaban J connectivity index is 1.75. The number of carbonyl (C=O) groups is 1. The highest BCUT2D eigenvalue weighted by Crippen LogP contribution is 2.39. The lowest BCUT2D eigenvalue weighted by Gasteiger charge is -2.37. The van der Waals surface area contributed by atoms with Crippen LogP contribution in [-0.2, 0) is 0 Å². The van der Waals surface area contributed by atoms with Crippen molar-refractivity contribution < 1.29 is 13.9 Å². The molecule has 0 saturated heterocycles. The lowest BCUT2D eigenvalue weighted by molar-refractivity contribution is 0.0683. The number of fused-ring (bicyclic) bond motifs is 1. The third-order valence-electron chi connectivity index (χ3n) is 3.93. The van der Waals surface area contributed by atoms with Crippen molar-refractivity contribution in [2.45, 2.75) is 45.8 Å². The summed E-state index contributed by atoms with van der Waals surface area (Å²) in [6.45, 7) is 7.66. The molecular formula is C17H21N3O3. The van der Waals surface area contributed by atoms with Crippen LogP contribution in [0.25, 0.3) is 0 Å². The molecule has 2 amide bonds.